The van der Waals surface area contributed by atoms with Crippen LogP contribution in [0.5, 0.6) is 0 Å². The molecule has 2 aromatic heterocycles. The Labute approximate surface area is 145 Å². The molecular formula is C18H19N5O2. The third-order valence-corrected chi connectivity index (χ3v) is 4.35. The highest BCUT2D eigenvalue weighted by molar-refractivity contribution is 5.89. The molecule has 0 aliphatic carbocycles. The van der Waals surface area contributed by atoms with Crippen molar-refractivity contribution in [2.45, 2.75) is 6.92 Å². The number of pyridine rings is 1. The Hall–Kier alpha value is -3.09. The number of carbonyl (C=O) groups excluding carboxylic acids is 1. The van der Waals surface area contributed by atoms with Crippen molar-refractivity contribution in [2.24, 2.45) is 0 Å². The quantitative estimate of drug-likeness (QED) is 0.778. The Kier molecular flexibility index (Phi) is 3.97. The number of carbonyl (C=O) groups is 1. The number of hydrogen-bond donors (Lipinski definition) is 1. The maximum absolute atomic E-state index is 12.4. The molecule has 7 nitrogen and oxygen atoms in total. The monoisotopic (exact) mass is 337 g/mol. The zero-order valence-corrected chi connectivity index (χ0v) is 14.0. The van der Waals surface area contributed by atoms with Gasteiger partial charge in [0, 0.05) is 32.4 Å². The van der Waals surface area contributed by atoms with Crippen LogP contribution in [0.3, 0.4) is 0 Å². The average molecular weight is 337 g/mol. The molecule has 0 unspecified atom stereocenters. The molecule has 4 rings (SSSR count). The summed E-state index contributed by atoms with van der Waals surface area (Å²) >= 11 is 0. The molecule has 1 aliphatic heterocycles. The predicted molar refractivity (Wildman–Crippen MR) is 95.8 cm³/mol. The lowest BCUT2D eigenvalue weighted by atomic mass is 10.3. The molecule has 7 heteroatoms. The first-order chi connectivity index (χ1) is 12.2. The molecule has 3 heterocycles. The van der Waals surface area contributed by atoms with E-state index in [0.717, 1.165) is 16.7 Å². The zero-order chi connectivity index (χ0) is 17.2. The Morgan fingerprint density at radius 3 is 2.68 bits per heavy atom. The molecule has 0 radical (unpaired) electrons. The summed E-state index contributed by atoms with van der Waals surface area (Å²) in [7, 11) is 0. The molecule has 0 bridgehead atoms. The van der Waals surface area contributed by atoms with Gasteiger partial charge in [-0.15, -0.1) is 0 Å². The summed E-state index contributed by atoms with van der Waals surface area (Å²) in [4.78, 5) is 25.0. The van der Waals surface area contributed by atoms with Crippen molar-refractivity contribution in [2.75, 3.05) is 36.4 Å². The van der Waals surface area contributed by atoms with Gasteiger partial charge >= 0.3 is 6.03 Å². The molecule has 0 atom stereocenters. The number of aromatic nitrogens is 2. The van der Waals surface area contributed by atoms with E-state index in [9.17, 15) is 4.79 Å². The molecule has 25 heavy (non-hydrogen) atoms. The lowest BCUT2D eigenvalue weighted by Crippen LogP contribution is -2.50. The van der Waals surface area contributed by atoms with Crippen LogP contribution in [-0.2, 0) is 0 Å². The molecule has 128 valence electrons. The highest BCUT2D eigenvalue weighted by atomic mass is 16.4. The Morgan fingerprint density at radius 2 is 1.92 bits per heavy atom. The van der Waals surface area contributed by atoms with E-state index in [1.165, 1.54) is 0 Å². The van der Waals surface area contributed by atoms with Crippen LogP contribution in [0.15, 0.2) is 47.0 Å². The van der Waals surface area contributed by atoms with Crippen LogP contribution in [0, 0.1) is 6.92 Å². The van der Waals surface area contributed by atoms with Gasteiger partial charge in [0.15, 0.2) is 5.58 Å². The van der Waals surface area contributed by atoms with Crippen LogP contribution in [-0.4, -0.2) is 47.1 Å². The Balaban J connectivity index is 1.39. The number of hydrogen-bond acceptors (Lipinski definition) is 5. The van der Waals surface area contributed by atoms with Crippen LogP contribution >= 0.6 is 0 Å². The van der Waals surface area contributed by atoms with Gasteiger partial charge in [-0.05, 0) is 30.7 Å². The number of aryl methyl sites for hydroxylation is 1. The minimum atomic E-state index is -0.126. The molecule has 2 amide bonds. The van der Waals surface area contributed by atoms with E-state index in [0.29, 0.717) is 38.0 Å². The van der Waals surface area contributed by atoms with Crippen molar-refractivity contribution in [3.63, 3.8) is 0 Å². The molecule has 3 aromatic rings. The van der Waals surface area contributed by atoms with Crippen molar-refractivity contribution in [3.05, 3.63) is 48.2 Å². The second-order valence-corrected chi connectivity index (χ2v) is 6.04. The minimum absolute atomic E-state index is 0.126. The van der Waals surface area contributed by atoms with Gasteiger partial charge in [-0.1, -0.05) is 18.2 Å². The molecule has 1 fully saturated rings. The number of benzene rings is 1. The van der Waals surface area contributed by atoms with Crippen LogP contribution in [0.25, 0.3) is 11.1 Å². The van der Waals surface area contributed by atoms with Gasteiger partial charge in [0.2, 0.25) is 0 Å². The zero-order valence-electron chi connectivity index (χ0n) is 14.0. The first-order valence-corrected chi connectivity index (χ1v) is 8.29. The topological polar surface area (TPSA) is 74.5 Å². The van der Waals surface area contributed by atoms with E-state index in [-0.39, 0.29) is 6.03 Å². The number of nitrogens with zero attached hydrogens (tertiary/aromatic N) is 4. The lowest BCUT2D eigenvalue weighted by Gasteiger charge is -2.33. The van der Waals surface area contributed by atoms with Crippen molar-refractivity contribution in [1.29, 1.82) is 0 Å². The highest BCUT2D eigenvalue weighted by Gasteiger charge is 2.24. The number of amides is 2. The van der Waals surface area contributed by atoms with Crippen molar-refractivity contribution >= 4 is 29.0 Å². The number of urea groups is 1. The number of para-hydroxylation sites is 2. The van der Waals surface area contributed by atoms with Gasteiger partial charge in [-0.2, -0.15) is 4.98 Å². The number of oxazole rings is 1. The second kappa shape index (κ2) is 6.43. The van der Waals surface area contributed by atoms with Crippen LogP contribution < -0.4 is 10.2 Å². The normalized spacial score (nSPS) is 14.8. The molecule has 0 spiro atoms. The average Bonchev–Trinajstić information content (AvgIpc) is 3.08. The maximum Gasteiger partial charge on any atom is 0.323 e. The van der Waals surface area contributed by atoms with Crippen LogP contribution in [0.1, 0.15) is 5.56 Å². The highest BCUT2D eigenvalue weighted by Crippen LogP contribution is 2.22. The first-order valence-electron chi connectivity index (χ1n) is 8.29. The smallest absolute Gasteiger partial charge is 0.323 e. The fourth-order valence-electron chi connectivity index (χ4n) is 2.89. The second-order valence-electron chi connectivity index (χ2n) is 6.04. The third kappa shape index (κ3) is 3.13. The van der Waals surface area contributed by atoms with Crippen molar-refractivity contribution in [1.82, 2.24) is 14.9 Å². The van der Waals surface area contributed by atoms with Gasteiger partial charge in [0.1, 0.15) is 11.3 Å². The summed E-state index contributed by atoms with van der Waals surface area (Å²) < 4.78 is 5.80. The van der Waals surface area contributed by atoms with Crippen LogP contribution in [0.2, 0.25) is 0 Å². The number of rotatable bonds is 2. The van der Waals surface area contributed by atoms with E-state index < -0.39 is 0 Å². The SMILES string of the molecule is Cc1cccnc1NC(=O)N1CCN(c2nc3ccccc3o2)CC1. The third-order valence-electron chi connectivity index (χ3n) is 4.35. The van der Waals surface area contributed by atoms with Crippen molar-refractivity contribution < 1.29 is 9.21 Å². The molecule has 0 saturated carbocycles. The van der Waals surface area contributed by atoms with Gasteiger partial charge < -0.3 is 14.2 Å². The fourth-order valence-corrected chi connectivity index (χ4v) is 2.89. The fraction of sp³-hybridized carbons (Fsp3) is 0.278. The molecule has 1 saturated heterocycles. The standard InChI is InChI=1S/C18H19N5O2/c1-13-5-4-8-19-16(13)21-17(24)22-9-11-23(12-10-22)18-20-14-6-2-3-7-15(14)25-18/h2-8H,9-12H2,1H3,(H,19,21,24). The minimum Gasteiger partial charge on any atom is -0.423 e. The van der Waals surface area contributed by atoms with E-state index in [1.807, 2.05) is 43.3 Å². The van der Waals surface area contributed by atoms with Gasteiger partial charge in [0.25, 0.3) is 6.01 Å². The Bertz CT molecular complexity index is 866. The largest absolute Gasteiger partial charge is 0.423 e. The summed E-state index contributed by atoms with van der Waals surface area (Å²) in [6, 6.07) is 12.0. The number of anilines is 2. The lowest BCUT2D eigenvalue weighted by molar-refractivity contribution is 0.207. The van der Waals surface area contributed by atoms with E-state index >= 15 is 0 Å². The van der Waals surface area contributed by atoms with Gasteiger partial charge in [-0.25, -0.2) is 9.78 Å². The van der Waals surface area contributed by atoms with Crippen molar-refractivity contribution in [3.8, 4) is 0 Å². The van der Waals surface area contributed by atoms with E-state index in [4.69, 9.17) is 4.42 Å². The van der Waals surface area contributed by atoms with E-state index in [2.05, 4.69) is 20.2 Å². The van der Waals surface area contributed by atoms with Gasteiger partial charge in [-0.3, -0.25) is 5.32 Å². The molecule has 1 aliphatic rings. The summed E-state index contributed by atoms with van der Waals surface area (Å²) in [5, 5.41) is 2.87. The Morgan fingerprint density at radius 1 is 1.12 bits per heavy atom. The summed E-state index contributed by atoms with van der Waals surface area (Å²) in [5.41, 5.74) is 2.58. The molecular weight excluding hydrogens is 318 g/mol. The molecule has 1 N–H and O–H groups in total. The number of nitrogens with one attached hydrogen (secondary N) is 1. The molecule has 1 aromatic carbocycles. The summed E-state index contributed by atoms with van der Waals surface area (Å²) in [6.07, 6.45) is 1.67. The van der Waals surface area contributed by atoms with Gasteiger partial charge in [0.05, 0.1) is 0 Å². The number of piperazine rings is 1. The maximum atomic E-state index is 12.4. The summed E-state index contributed by atoms with van der Waals surface area (Å²) in [5.74, 6) is 0.605. The summed E-state index contributed by atoms with van der Waals surface area (Å²) in [6.45, 7) is 4.50. The predicted octanol–water partition coefficient (Wildman–Crippen LogP) is 2.89. The van der Waals surface area contributed by atoms with Crippen LogP contribution in [0.4, 0.5) is 16.6 Å². The first kappa shape index (κ1) is 15.4. The number of fused-ring (bicyclic) bond motifs is 1. The van der Waals surface area contributed by atoms with E-state index in [1.54, 1.807) is 11.1 Å².